The van der Waals surface area contributed by atoms with Gasteiger partial charge in [-0.15, -0.1) is 24.0 Å². The van der Waals surface area contributed by atoms with E-state index in [1.807, 2.05) is 0 Å². The van der Waals surface area contributed by atoms with Crippen molar-refractivity contribution >= 4 is 40.8 Å². The molecule has 2 aromatic rings. The number of halogens is 5. The summed E-state index contributed by atoms with van der Waals surface area (Å²) in [5.74, 6) is 0.0124. The van der Waals surface area contributed by atoms with Gasteiger partial charge in [0.2, 0.25) is 0 Å². The largest absolute Gasteiger partial charge is 0.390 e. The van der Waals surface area contributed by atoms with Crippen molar-refractivity contribution < 1.29 is 17.6 Å². The molecule has 0 aliphatic carbocycles. The van der Waals surface area contributed by atoms with Crippen LogP contribution in [0.15, 0.2) is 29.4 Å². The highest BCUT2D eigenvalue weighted by molar-refractivity contribution is 14.0. The third-order valence-corrected chi connectivity index (χ3v) is 3.34. The van der Waals surface area contributed by atoms with Crippen LogP contribution >= 0.6 is 24.0 Å². The van der Waals surface area contributed by atoms with Gasteiger partial charge >= 0.3 is 6.18 Å². The highest BCUT2D eigenvalue weighted by Gasteiger charge is 2.26. The Labute approximate surface area is 154 Å². The van der Waals surface area contributed by atoms with E-state index in [4.69, 9.17) is 0 Å². The zero-order chi connectivity index (χ0) is 16.9. The molecule has 0 atom stereocenters. The van der Waals surface area contributed by atoms with E-state index in [0.717, 1.165) is 10.9 Å². The predicted octanol–water partition coefficient (Wildman–Crippen LogP) is 3.58. The van der Waals surface area contributed by atoms with E-state index in [1.54, 1.807) is 12.3 Å². The van der Waals surface area contributed by atoms with E-state index in [-0.39, 0.29) is 36.3 Å². The summed E-state index contributed by atoms with van der Waals surface area (Å²) in [6.07, 6.45) is -2.68. The van der Waals surface area contributed by atoms with Crippen LogP contribution in [-0.4, -0.2) is 37.3 Å². The van der Waals surface area contributed by atoms with Gasteiger partial charge in [-0.25, -0.2) is 4.39 Å². The van der Waals surface area contributed by atoms with Gasteiger partial charge in [0.25, 0.3) is 0 Å². The molecular formula is C15H19F4IN4. The van der Waals surface area contributed by atoms with Gasteiger partial charge < -0.3 is 15.6 Å². The zero-order valence-electron chi connectivity index (χ0n) is 13.0. The highest BCUT2D eigenvalue weighted by atomic mass is 127. The number of alkyl halides is 3. The molecule has 0 saturated carbocycles. The van der Waals surface area contributed by atoms with Gasteiger partial charge in [-0.2, -0.15) is 13.2 Å². The summed E-state index contributed by atoms with van der Waals surface area (Å²) in [6.45, 7) is 0.269. The molecule has 1 heterocycles. The van der Waals surface area contributed by atoms with Crippen molar-refractivity contribution in [3.8, 4) is 0 Å². The molecular weight excluding hydrogens is 439 g/mol. The molecule has 0 spiro atoms. The Hall–Kier alpha value is -1.52. The fourth-order valence-corrected chi connectivity index (χ4v) is 2.22. The molecule has 24 heavy (non-hydrogen) atoms. The lowest BCUT2D eigenvalue weighted by molar-refractivity contribution is -0.132. The van der Waals surface area contributed by atoms with Gasteiger partial charge in [0.15, 0.2) is 5.96 Å². The number of nitrogens with one attached hydrogen (secondary N) is 3. The first-order valence-corrected chi connectivity index (χ1v) is 7.16. The van der Waals surface area contributed by atoms with Crippen molar-refractivity contribution in [2.75, 3.05) is 20.1 Å². The number of nitrogens with zero attached hydrogens (tertiary/aromatic N) is 1. The molecule has 0 unspecified atom stereocenters. The number of hydrogen-bond acceptors (Lipinski definition) is 1. The van der Waals surface area contributed by atoms with Gasteiger partial charge in [-0.3, -0.25) is 4.99 Å². The number of hydrogen-bond donors (Lipinski definition) is 3. The molecule has 1 aromatic carbocycles. The molecule has 0 aliphatic heterocycles. The molecule has 9 heteroatoms. The van der Waals surface area contributed by atoms with Crippen molar-refractivity contribution in [3.63, 3.8) is 0 Å². The molecule has 0 fully saturated rings. The molecule has 0 amide bonds. The topological polar surface area (TPSA) is 52.2 Å². The number of aromatic amines is 1. The third-order valence-electron chi connectivity index (χ3n) is 3.34. The van der Waals surface area contributed by atoms with Crippen LogP contribution < -0.4 is 10.6 Å². The molecule has 2 rings (SSSR count). The number of aliphatic imine (C=N–C) groups is 1. The number of aromatic nitrogens is 1. The molecule has 0 aliphatic rings. The second-order valence-electron chi connectivity index (χ2n) is 5.04. The summed E-state index contributed by atoms with van der Waals surface area (Å²) in [5.41, 5.74) is 1.71. The lowest BCUT2D eigenvalue weighted by atomic mass is 10.1. The van der Waals surface area contributed by atoms with E-state index < -0.39 is 12.6 Å². The van der Waals surface area contributed by atoms with Crippen molar-refractivity contribution in [1.29, 1.82) is 0 Å². The fraction of sp³-hybridized carbons (Fsp3) is 0.400. The van der Waals surface area contributed by atoms with Crippen molar-refractivity contribution in [2.24, 2.45) is 4.99 Å². The average Bonchev–Trinajstić information content (AvgIpc) is 2.86. The molecule has 1 aromatic heterocycles. The van der Waals surface area contributed by atoms with Gasteiger partial charge in [0.1, 0.15) is 5.82 Å². The molecule has 4 nitrogen and oxygen atoms in total. The van der Waals surface area contributed by atoms with Crippen LogP contribution in [0.1, 0.15) is 12.0 Å². The van der Waals surface area contributed by atoms with Crippen LogP contribution in [0.4, 0.5) is 17.6 Å². The Balaban J connectivity index is 0.00000288. The fourth-order valence-electron chi connectivity index (χ4n) is 2.22. The predicted molar refractivity (Wildman–Crippen MR) is 97.4 cm³/mol. The Morgan fingerprint density at radius 2 is 1.92 bits per heavy atom. The Morgan fingerprint density at radius 1 is 1.21 bits per heavy atom. The summed E-state index contributed by atoms with van der Waals surface area (Å²) in [5, 5.41) is 6.49. The monoisotopic (exact) mass is 458 g/mol. The first-order valence-electron chi connectivity index (χ1n) is 7.16. The maximum atomic E-state index is 13.1. The molecule has 0 saturated heterocycles. The zero-order valence-corrected chi connectivity index (χ0v) is 15.3. The minimum Gasteiger partial charge on any atom is -0.361 e. The quantitative estimate of drug-likeness (QED) is 0.278. The van der Waals surface area contributed by atoms with Gasteiger partial charge in [-0.05, 0) is 30.2 Å². The maximum absolute atomic E-state index is 13.1. The Morgan fingerprint density at radius 3 is 2.58 bits per heavy atom. The van der Waals surface area contributed by atoms with E-state index in [9.17, 15) is 17.6 Å². The molecule has 0 radical (unpaired) electrons. The van der Waals surface area contributed by atoms with Crippen LogP contribution in [-0.2, 0) is 6.42 Å². The molecule has 0 bridgehead atoms. The number of fused-ring (bicyclic) bond motifs is 1. The molecule has 134 valence electrons. The SMILES string of the molecule is CN=C(NCCc1c[nH]c2cc(F)ccc12)NCCC(F)(F)F.I. The first kappa shape index (κ1) is 20.5. The van der Waals surface area contributed by atoms with Gasteiger partial charge in [-0.1, -0.05) is 0 Å². The van der Waals surface area contributed by atoms with Crippen LogP contribution in [0.5, 0.6) is 0 Å². The molecule has 3 N–H and O–H groups in total. The van der Waals surface area contributed by atoms with E-state index in [0.29, 0.717) is 24.4 Å². The summed E-state index contributed by atoms with van der Waals surface area (Å²) < 4.78 is 49.4. The number of rotatable bonds is 5. The minimum atomic E-state index is -4.19. The standard InChI is InChI=1S/C15H18F4N4.HI/c1-20-14(22-7-5-15(17,18)19)21-6-4-10-9-23-13-8-11(16)2-3-12(10)13;/h2-3,8-9,23H,4-7H2,1H3,(H2,20,21,22);1H. The minimum absolute atomic E-state index is 0. The lowest BCUT2D eigenvalue weighted by Gasteiger charge is -2.12. The number of benzene rings is 1. The smallest absolute Gasteiger partial charge is 0.361 e. The van der Waals surface area contributed by atoms with Crippen LogP contribution in [0.3, 0.4) is 0 Å². The van der Waals surface area contributed by atoms with Crippen LogP contribution in [0.2, 0.25) is 0 Å². The van der Waals surface area contributed by atoms with Crippen LogP contribution in [0.25, 0.3) is 10.9 Å². The summed E-state index contributed by atoms with van der Waals surface area (Å²) in [7, 11) is 1.50. The first-order chi connectivity index (χ1) is 10.9. The van der Waals surface area contributed by atoms with Crippen molar-refractivity contribution in [2.45, 2.75) is 19.0 Å². The van der Waals surface area contributed by atoms with Gasteiger partial charge in [0.05, 0.1) is 6.42 Å². The average molecular weight is 458 g/mol. The van der Waals surface area contributed by atoms with Crippen molar-refractivity contribution in [3.05, 3.63) is 35.8 Å². The van der Waals surface area contributed by atoms with Crippen molar-refractivity contribution in [1.82, 2.24) is 15.6 Å². The Bertz CT molecular complexity index is 682. The number of guanidine groups is 1. The van der Waals surface area contributed by atoms with Crippen LogP contribution in [0, 0.1) is 5.82 Å². The maximum Gasteiger partial charge on any atom is 0.390 e. The Kier molecular flexibility index (Phi) is 7.77. The number of H-pyrrole nitrogens is 1. The normalized spacial score (nSPS) is 12.1. The van der Waals surface area contributed by atoms with E-state index >= 15 is 0 Å². The van der Waals surface area contributed by atoms with Gasteiger partial charge in [0, 0.05) is 37.2 Å². The summed E-state index contributed by atoms with van der Waals surface area (Å²) >= 11 is 0. The van der Waals surface area contributed by atoms with E-state index in [2.05, 4.69) is 20.6 Å². The second-order valence-corrected chi connectivity index (χ2v) is 5.04. The summed E-state index contributed by atoms with van der Waals surface area (Å²) in [6, 6.07) is 4.52. The van der Waals surface area contributed by atoms with E-state index in [1.165, 1.54) is 19.2 Å². The third kappa shape index (κ3) is 6.17. The highest BCUT2D eigenvalue weighted by Crippen LogP contribution is 2.19. The lowest BCUT2D eigenvalue weighted by Crippen LogP contribution is -2.39. The second kappa shape index (κ2) is 9.09. The summed E-state index contributed by atoms with van der Waals surface area (Å²) in [4.78, 5) is 6.86.